The Morgan fingerprint density at radius 1 is 0.878 bits per heavy atom. The molecule has 4 aliphatic rings. The number of azide groups is 1. The second-order valence-electron chi connectivity index (χ2n) is 15.7. The number of carbonyl (C=O) groups is 5. The van der Waals surface area contributed by atoms with Gasteiger partial charge in [-0.1, -0.05) is 35.4 Å². The van der Waals surface area contributed by atoms with Gasteiger partial charge < -0.3 is 30.3 Å². The second-order valence-corrected chi connectivity index (χ2v) is 15.7. The maximum Gasteiger partial charge on any atom is 0.408 e. The van der Waals surface area contributed by atoms with Crippen molar-refractivity contribution < 1.29 is 43.7 Å². The first-order valence-corrected chi connectivity index (χ1v) is 16.9. The van der Waals surface area contributed by atoms with Crippen molar-refractivity contribution >= 4 is 29.9 Å². The fourth-order valence-electron chi connectivity index (χ4n) is 9.44. The summed E-state index contributed by atoms with van der Waals surface area (Å²) in [7, 11) is 0. The molecular weight excluding hydrogens is 634 g/mol. The highest BCUT2D eigenvalue weighted by molar-refractivity contribution is 5.84. The van der Waals surface area contributed by atoms with E-state index < -0.39 is 63.3 Å². The molecule has 2 unspecified atom stereocenters. The average molecular weight is 684 g/mol. The molecule has 4 aliphatic carbocycles. The van der Waals surface area contributed by atoms with Crippen molar-refractivity contribution in [2.24, 2.45) is 21.4 Å². The first-order chi connectivity index (χ1) is 23.0. The lowest BCUT2D eigenvalue weighted by Gasteiger charge is -2.71. The fraction of sp³-hybridized carbons (Fsp3) is 0.686. The Kier molecular flexibility index (Phi) is 11.5. The standard InChI is InChI=1S/C35H49N5O9/c1-31(2,3)49-30(47)39-35-21-32(18-33(22-35,14-10-27(42)43)20-34(19-32,23-35)15-11-28(44)45)13-9-26(41)38-25(12-16-37-40-36)29(46)48-17-24-7-5-4-6-8-24/h4-8,25H,9-23H2,1-3H3,(H,38,41)(H,39,47)(H,42,43)(H,44,45)/t25-,32?,33-,34+,35?/m0/s1. The van der Waals surface area contributed by atoms with Crippen molar-refractivity contribution in [2.45, 2.75) is 128 Å². The van der Waals surface area contributed by atoms with Crippen LogP contribution in [-0.2, 0) is 35.3 Å². The SMILES string of the molecule is CC(C)(C)OC(=O)NC12CC3(CCC(=O)N[C@@H](CCN=[N+]=[N-])C(=O)OCc4ccccc4)C[C@@](CCC(=O)O)(C1)C[C@](CCC(=O)O)(C3)C2. The Bertz CT molecular complexity index is 1420. The molecule has 4 fully saturated rings. The molecule has 0 aromatic heterocycles. The first-order valence-electron chi connectivity index (χ1n) is 16.9. The summed E-state index contributed by atoms with van der Waals surface area (Å²) in [5.41, 5.74) is 6.58. The molecule has 4 saturated carbocycles. The Hall–Kier alpha value is -4.32. The summed E-state index contributed by atoms with van der Waals surface area (Å²) >= 11 is 0. The number of ether oxygens (including phenoxy) is 2. The quantitative estimate of drug-likeness (QED) is 0.0651. The summed E-state index contributed by atoms with van der Waals surface area (Å²) in [6, 6.07) is 8.06. The van der Waals surface area contributed by atoms with E-state index in [0.29, 0.717) is 57.8 Å². The maximum absolute atomic E-state index is 13.5. The van der Waals surface area contributed by atoms with Gasteiger partial charge in [0.25, 0.3) is 0 Å². The van der Waals surface area contributed by atoms with E-state index in [4.69, 9.17) is 15.0 Å². The lowest BCUT2D eigenvalue weighted by atomic mass is 9.35. The van der Waals surface area contributed by atoms with Crippen molar-refractivity contribution in [2.75, 3.05) is 6.54 Å². The second kappa shape index (κ2) is 15.1. The van der Waals surface area contributed by atoms with Gasteiger partial charge >= 0.3 is 24.0 Å². The number of carbonyl (C=O) groups excluding carboxylic acids is 3. The smallest absolute Gasteiger partial charge is 0.408 e. The highest BCUT2D eigenvalue weighted by Crippen LogP contribution is 2.74. The zero-order chi connectivity index (χ0) is 35.9. The van der Waals surface area contributed by atoms with Crippen molar-refractivity contribution in [3.05, 3.63) is 46.3 Å². The number of benzene rings is 1. The molecular formula is C35H49N5O9. The molecule has 0 radical (unpaired) electrons. The van der Waals surface area contributed by atoms with Gasteiger partial charge in [0.05, 0.1) is 0 Å². The number of carboxylic acid groups (broad SMARTS) is 2. The summed E-state index contributed by atoms with van der Waals surface area (Å²) in [5, 5.41) is 28.8. The van der Waals surface area contributed by atoms with Gasteiger partial charge in [-0.05, 0) is 112 Å². The summed E-state index contributed by atoms with van der Waals surface area (Å²) in [6.07, 6.45) is 4.09. The maximum atomic E-state index is 13.5. The lowest BCUT2D eigenvalue weighted by molar-refractivity contribution is -0.188. The van der Waals surface area contributed by atoms with E-state index in [1.807, 2.05) is 30.3 Å². The van der Waals surface area contributed by atoms with Crippen LogP contribution in [0.3, 0.4) is 0 Å². The third-order valence-corrected chi connectivity index (χ3v) is 10.2. The van der Waals surface area contributed by atoms with Gasteiger partial charge in [-0.2, -0.15) is 0 Å². The molecule has 0 heterocycles. The van der Waals surface area contributed by atoms with Gasteiger partial charge in [-0.15, -0.1) is 0 Å². The summed E-state index contributed by atoms with van der Waals surface area (Å²) in [4.78, 5) is 66.1. The van der Waals surface area contributed by atoms with Crippen LogP contribution in [-0.4, -0.2) is 63.8 Å². The van der Waals surface area contributed by atoms with E-state index in [1.165, 1.54) is 0 Å². The molecule has 4 bridgehead atoms. The summed E-state index contributed by atoms with van der Waals surface area (Å²) in [6.45, 7) is 5.30. The van der Waals surface area contributed by atoms with Gasteiger partial charge in [0.2, 0.25) is 5.91 Å². The number of alkyl carbamates (subject to hydrolysis) is 1. The van der Waals surface area contributed by atoms with Crippen LogP contribution in [0.1, 0.15) is 110 Å². The molecule has 268 valence electrons. The zero-order valence-electron chi connectivity index (χ0n) is 28.7. The number of nitrogens with zero attached hydrogens (tertiary/aromatic N) is 3. The third-order valence-electron chi connectivity index (χ3n) is 10.2. The van der Waals surface area contributed by atoms with Crippen molar-refractivity contribution in [3.8, 4) is 0 Å². The number of hydrogen-bond acceptors (Lipinski definition) is 8. The number of aliphatic carboxylic acids is 2. The van der Waals surface area contributed by atoms with Gasteiger partial charge in [0.1, 0.15) is 18.2 Å². The lowest BCUT2D eigenvalue weighted by Crippen LogP contribution is -2.69. The van der Waals surface area contributed by atoms with Gasteiger partial charge in [-0.25, -0.2) is 9.59 Å². The van der Waals surface area contributed by atoms with Crippen molar-refractivity contribution in [1.29, 1.82) is 0 Å². The van der Waals surface area contributed by atoms with Crippen molar-refractivity contribution in [1.82, 2.24) is 10.6 Å². The van der Waals surface area contributed by atoms with Crippen LogP contribution < -0.4 is 10.6 Å². The van der Waals surface area contributed by atoms with Crippen LogP contribution in [0.25, 0.3) is 10.4 Å². The fourth-order valence-corrected chi connectivity index (χ4v) is 9.44. The van der Waals surface area contributed by atoms with Gasteiger partial charge in [0.15, 0.2) is 0 Å². The highest BCUT2D eigenvalue weighted by Gasteiger charge is 2.68. The number of amides is 2. The third kappa shape index (κ3) is 10.3. The number of nitrogens with one attached hydrogen (secondary N) is 2. The molecule has 0 aliphatic heterocycles. The number of carboxylic acids is 2. The largest absolute Gasteiger partial charge is 0.481 e. The van der Waals surface area contributed by atoms with E-state index in [2.05, 4.69) is 20.7 Å². The van der Waals surface area contributed by atoms with E-state index >= 15 is 0 Å². The predicted octanol–water partition coefficient (Wildman–Crippen LogP) is 6.03. The molecule has 49 heavy (non-hydrogen) atoms. The Balaban J connectivity index is 1.56. The van der Waals surface area contributed by atoms with Crippen LogP contribution in [0.15, 0.2) is 35.4 Å². The van der Waals surface area contributed by atoms with Crippen LogP contribution in [0.2, 0.25) is 0 Å². The van der Waals surface area contributed by atoms with Gasteiger partial charge in [-0.3, -0.25) is 14.4 Å². The van der Waals surface area contributed by atoms with Crippen LogP contribution in [0.5, 0.6) is 0 Å². The minimum absolute atomic E-state index is 0.0141. The molecule has 1 aromatic rings. The van der Waals surface area contributed by atoms with Crippen LogP contribution >= 0.6 is 0 Å². The highest BCUT2D eigenvalue weighted by atomic mass is 16.6. The molecule has 14 nitrogen and oxygen atoms in total. The first kappa shape index (κ1) is 37.5. The molecule has 1 aromatic carbocycles. The Morgan fingerprint density at radius 2 is 1.41 bits per heavy atom. The zero-order valence-corrected chi connectivity index (χ0v) is 28.7. The Labute approximate surface area is 286 Å². The predicted molar refractivity (Wildman–Crippen MR) is 177 cm³/mol. The Morgan fingerprint density at radius 3 is 1.90 bits per heavy atom. The monoisotopic (exact) mass is 683 g/mol. The minimum atomic E-state index is -1.04. The normalized spacial score (nSPS) is 27.3. The molecule has 2 amide bonds. The molecule has 4 N–H and O–H groups in total. The summed E-state index contributed by atoms with van der Waals surface area (Å²) < 4.78 is 11.1. The molecule has 14 heteroatoms. The summed E-state index contributed by atoms with van der Waals surface area (Å²) in [5.74, 6) is -2.90. The molecule has 0 spiro atoms. The van der Waals surface area contributed by atoms with Crippen LogP contribution in [0.4, 0.5) is 4.79 Å². The minimum Gasteiger partial charge on any atom is -0.481 e. The van der Waals surface area contributed by atoms with Crippen LogP contribution in [0, 0.1) is 16.2 Å². The van der Waals surface area contributed by atoms with E-state index in [1.54, 1.807) is 20.8 Å². The molecule has 5 rings (SSSR count). The topological polar surface area (TPSA) is 217 Å². The molecule has 0 saturated heterocycles. The average Bonchev–Trinajstić information content (AvgIpc) is 2.99. The van der Waals surface area contributed by atoms with E-state index in [0.717, 1.165) is 5.56 Å². The number of esters is 1. The number of rotatable bonds is 17. The van der Waals surface area contributed by atoms with Crippen molar-refractivity contribution in [3.63, 3.8) is 0 Å². The van der Waals surface area contributed by atoms with Gasteiger partial charge in [0, 0.05) is 36.3 Å². The van der Waals surface area contributed by atoms with E-state index in [-0.39, 0.29) is 38.8 Å². The number of hydrogen-bond donors (Lipinski definition) is 4. The molecule has 5 atom stereocenters. The van der Waals surface area contributed by atoms with E-state index in [9.17, 15) is 34.2 Å².